The largest absolute Gasteiger partial charge is 0.469 e. The Morgan fingerprint density at radius 2 is 2.12 bits per heavy atom. The molecule has 5 atom stereocenters. The summed E-state index contributed by atoms with van der Waals surface area (Å²) in [5, 5.41) is 9.86. The van der Waals surface area contributed by atoms with Gasteiger partial charge in [-0.2, -0.15) is 0 Å². The van der Waals surface area contributed by atoms with Gasteiger partial charge in [-0.1, -0.05) is 25.1 Å². The second kappa shape index (κ2) is 8.85. The van der Waals surface area contributed by atoms with Gasteiger partial charge in [0.1, 0.15) is 19.7 Å². The molecular formula is C16H22BO7P. The second-order valence-corrected chi connectivity index (χ2v) is 7.96. The molecule has 1 heterocycles. The minimum atomic E-state index is -3.70. The molecule has 2 radical (unpaired) electrons. The van der Waals surface area contributed by atoms with Gasteiger partial charge in [-0.15, -0.1) is 0 Å². The van der Waals surface area contributed by atoms with E-state index in [4.69, 9.17) is 21.6 Å². The summed E-state index contributed by atoms with van der Waals surface area (Å²) in [6.45, 7) is 1.42. The summed E-state index contributed by atoms with van der Waals surface area (Å²) < 4.78 is 34.2. The fourth-order valence-electron chi connectivity index (χ4n) is 2.47. The van der Waals surface area contributed by atoms with Crippen molar-refractivity contribution in [1.29, 1.82) is 0 Å². The molecule has 1 aromatic rings. The molecule has 1 saturated heterocycles. The molecule has 1 aliphatic heterocycles. The molecular weight excluding hydrogens is 346 g/mol. The molecule has 0 bridgehead atoms. The van der Waals surface area contributed by atoms with Crippen molar-refractivity contribution in [3.05, 3.63) is 30.3 Å². The molecule has 1 aliphatic rings. The van der Waals surface area contributed by atoms with Crippen LogP contribution in [0.1, 0.15) is 13.3 Å². The Balaban J connectivity index is 2.08. The standard InChI is InChI=1S/C16H22BO7P/c1-11(16(19)21-2)10-25(20,24-12-6-4-3-5-7-12)22-9-14-13(18)8-15(17)23-14/h3-7,11,13-15,18H,8-10H2,1-2H3/t11-,13?,14?,15?,25?/m1/s1. The quantitative estimate of drug-likeness (QED) is 0.425. The molecule has 0 saturated carbocycles. The summed E-state index contributed by atoms with van der Waals surface area (Å²) in [4.78, 5) is 11.7. The van der Waals surface area contributed by atoms with Crippen molar-refractivity contribution in [2.24, 2.45) is 5.92 Å². The number of rotatable bonds is 8. The highest BCUT2D eigenvalue weighted by molar-refractivity contribution is 7.54. The molecule has 0 aliphatic carbocycles. The van der Waals surface area contributed by atoms with Gasteiger partial charge < -0.3 is 19.1 Å². The molecule has 2 rings (SSSR count). The molecule has 136 valence electrons. The Labute approximate surface area is 148 Å². The number of methoxy groups -OCH3 is 1. The minimum absolute atomic E-state index is 0.160. The van der Waals surface area contributed by atoms with Crippen LogP contribution < -0.4 is 4.52 Å². The number of hydrogen-bond donors (Lipinski definition) is 1. The number of para-hydroxylation sites is 1. The average molecular weight is 368 g/mol. The third-order valence-corrected chi connectivity index (χ3v) is 5.80. The van der Waals surface area contributed by atoms with E-state index in [1.165, 1.54) is 7.11 Å². The lowest BCUT2D eigenvalue weighted by Crippen LogP contribution is -2.27. The lowest BCUT2D eigenvalue weighted by atomic mass is 9.96. The van der Waals surface area contributed by atoms with Crippen LogP contribution in [0.25, 0.3) is 0 Å². The van der Waals surface area contributed by atoms with Crippen LogP contribution >= 0.6 is 7.60 Å². The monoisotopic (exact) mass is 368 g/mol. The van der Waals surface area contributed by atoms with E-state index in [1.807, 2.05) is 0 Å². The molecule has 1 fully saturated rings. The summed E-state index contributed by atoms with van der Waals surface area (Å²) in [6, 6.07) is 7.93. The van der Waals surface area contributed by atoms with Gasteiger partial charge in [0.05, 0.1) is 31.9 Å². The zero-order valence-corrected chi connectivity index (χ0v) is 15.1. The maximum atomic E-state index is 13.1. The number of aliphatic hydroxyl groups excluding tert-OH is 1. The maximum Gasteiger partial charge on any atom is 0.380 e. The van der Waals surface area contributed by atoms with E-state index >= 15 is 0 Å². The molecule has 9 heteroatoms. The molecule has 25 heavy (non-hydrogen) atoms. The smallest absolute Gasteiger partial charge is 0.380 e. The van der Waals surface area contributed by atoms with E-state index in [1.54, 1.807) is 37.3 Å². The summed E-state index contributed by atoms with van der Waals surface area (Å²) in [5.41, 5.74) is 0. The number of carbonyl (C=O) groups excluding carboxylic acids is 1. The van der Waals surface area contributed by atoms with Crippen LogP contribution in [0.4, 0.5) is 0 Å². The number of carbonyl (C=O) groups is 1. The third kappa shape index (κ3) is 5.85. The van der Waals surface area contributed by atoms with Gasteiger partial charge in [-0.05, 0) is 18.6 Å². The van der Waals surface area contributed by atoms with Gasteiger partial charge in [-0.25, -0.2) is 4.57 Å². The van der Waals surface area contributed by atoms with Gasteiger partial charge in [0.15, 0.2) is 0 Å². The Hall–Kier alpha value is -1.34. The van der Waals surface area contributed by atoms with Crippen LogP contribution in [0.5, 0.6) is 5.75 Å². The van der Waals surface area contributed by atoms with E-state index in [0.29, 0.717) is 5.75 Å². The normalized spacial score (nSPS) is 26.6. The molecule has 0 spiro atoms. The van der Waals surface area contributed by atoms with Crippen molar-refractivity contribution in [2.45, 2.75) is 31.6 Å². The zero-order valence-electron chi connectivity index (χ0n) is 14.2. The van der Waals surface area contributed by atoms with Gasteiger partial charge in [-0.3, -0.25) is 9.32 Å². The highest BCUT2D eigenvalue weighted by atomic mass is 31.2. The number of ether oxygens (including phenoxy) is 2. The summed E-state index contributed by atoms with van der Waals surface area (Å²) in [5.74, 6) is -0.844. The van der Waals surface area contributed by atoms with Gasteiger partial charge in [0.2, 0.25) is 0 Å². The fourth-order valence-corrected chi connectivity index (χ4v) is 4.34. The van der Waals surface area contributed by atoms with E-state index in [2.05, 4.69) is 4.74 Å². The van der Waals surface area contributed by atoms with Crippen LogP contribution in [0.2, 0.25) is 0 Å². The number of aliphatic hydroxyl groups is 1. The highest BCUT2D eigenvalue weighted by Gasteiger charge is 2.37. The zero-order chi connectivity index (χ0) is 18.4. The van der Waals surface area contributed by atoms with Crippen LogP contribution in [-0.2, 0) is 23.4 Å². The van der Waals surface area contributed by atoms with E-state index < -0.39 is 37.7 Å². The Morgan fingerprint density at radius 1 is 1.44 bits per heavy atom. The highest BCUT2D eigenvalue weighted by Crippen LogP contribution is 2.50. The minimum Gasteiger partial charge on any atom is -0.469 e. The summed E-state index contributed by atoms with van der Waals surface area (Å²) in [6.07, 6.45) is -1.39. The van der Waals surface area contributed by atoms with Crippen molar-refractivity contribution in [3.63, 3.8) is 0 Å². The number of esters is 1. The van der Waals surface area contributed by atoms with Crippen LogP contribution in [0.15, 0.2) is 30.3 Å². The first kappa shape index (κ1) is 20.0. The number of hydrogen-bond acceptors (Lipinski definition) is 7. The number of benzene rings is 1. The molecule has 1 N–H and O–H groups in total. The van der Waals surface area contributed by atoms with Crippen molar-refractivity contribution >= 4 is 21.4 Å². The Bertz CT molecular complexity index is 612. The first-order valence-corrected chi connectivity index (χ1v) is 9.71. The Morgan fingerprint density at radius 3 is 2.68 bits per heavy atom. The first-order chi connectivity index (χ1) is 11.8. The molecule has 1 aromatic carbocycles. The summed E-state index contributed by atoms with van der Waals surface area (Å²) in [7, 11) is 3.18. The predicted molar refractivity (Wildman–Crippen MR) is 91.7 cm³/mol. The maximum absolute atomic E-state index is 13.1. The summed E-state index contributed by atoms with van der Waals surface area (Å²) >= 11 is 0. The van der Waals surface area contributed by atoms with E-state index in [0.717, 1.165) is 0 Å². The van der Waals surface area contributed by atoms with Crippen LogP contribution in [0.3, 0.4) is 0 Å². The average Bonchev–Trinajstić information content (AvgIpc) is 2.90. The van der Waals surface area contributed by atoms with Crippen LogP contribution in [0, 0.1) is 5.92 Å². The lowest BCUT2D eigenvalue weighted by Gasteiger charge is -2.23. The third-order valence-electron chi connectivity index (χ3n) is 3.78. The molecule has 4 unspecified atom stereocenters. The molecule has 0 aromatic heterocycles. The second-order valence-electron chi connectivity index (χ2n) is 5.93. The van der Waals surface area contributed by atoms with Gasteiger partial charge >= 0.3 is 13.6 Å². The van der Waals surface area contributed by atoms with Crippen molar-refractivity contribution in [2.75, 3.05) is 19.9 Å². The molecule has 0 amide bonds. The van der Waals surface area contributed by atoms with Crippen molar-refractivity contribution in [1.82, 2.24) is 0 Å². The Kier molecular flexibility index (Phi) is 7.08. The SMILES string of the molecule is [B]C1CC(O)C(COP(=O)(C[C@@H](C)C(=O)OC)Oc2ccccc2)O1. The molecule has 7 nitrogen and oxygen atoms in total. The van der Waals surface area contributed by atoms with E-state index in [-0.39, 0.29) is 19.2 Å². The van der Waals surface area contributed by atoms with Crippen LogP contribution in [-0.4, -0.2) is 57.0 Å². The fraction of sp³-hybridized carbons (Fsp3) is 0.562. The van der Waals surface area contributed by atoms with Crippen molar-refractivity contribution in [3.8, 4) is 5.75 Å². The van der Waals surface area contributed by atoms with Crippen molar-refractivity contribution < 1.29 is 33.0 Å². The first-order valence-electron chi connectivity index (χ1n) is 7.98. The lowest BCUT2D eigenvalue weighted by molar-refractivity contribution is -0.144. The van der Waals surface area contributed by atoms with Gasteiger partial charge in [0, 0.05) is 6.00 Å². The van der Waals surface area contributed by atoms with E-state index in [9.17, 15) is 14.5 Å². The van der Waals surface area contributed by atoms with Gasteiger partial charge in [0.25, 0.3) is 0 Å². The predicted octanol–water partition coefficient (Wildman–Crippen LogP) is 1.73. The topological polar surface area (TPSA) is 91.3 Å².